The molecule has 1 atom stereocenters. The van der Waals surface area contributed by atoms with Gasteiger partial charge in [-0.1, -0.05) is 0 Å². The molecule has 0 aromatic carbocycles. The number of carbonyl (C=O) groups is 1. The van der Waals surface area contributed by atoms with Crippen LogP contribution in [0.4, 0.5) is 0 Å². The number of furan rings is 1. The Bertz CT molecular complexity index is 602. The third-order valence-corrected chi connectivity index (χ3v) is 4.61. The summed E-state index contributed by atoms with van der Waals surface area (Å²) in [5.41, 5.74) is 6.76. The van der Waals surface area contributed by atoms with E-state index in [1.54, 1.807) is 23.5 Å². The molecule has 0 fully saturated rings. The SMILES string of the molecule is CC1c2ccsc2CCN1C(=O)c1ccc(CN)o1. The molecule has 1 unspecified atom stereocenters. The fraction of sp³-hybridized carbons (Fsp3) is 0.357. The topological polar surface area (TPSA) is 59.5 Å². The number of thiophene rings is 1. The van der Waals surface area contributed by atoms with Crippen LogP contribution in [0.2, 0.25) is 0 Å². The van der Waals surface area contributed by atoms with E-state index in [-0.39, 0.29) is 11.9 Å². The average molecular weight is 276 g/mol. The van der Waals surface area contributed by atoms with E-state index in [0.717, 1.165) is 13.0 Å². The van der Waals surface area contributed by atoms with Crippen molar-refractivity contribution in [1.82, 2.24) is 4.90 Å². The predicted octanol–water partition coefficient (Wildman–Crippen LogP) is 2.56. The van der Waals surface area contributed by atoms with Gasteiger partial charge in [0.2, 0.25) is 0 Å². The standard InChI is InChI=1S/C14H16N2O2S/c1-9-11-5-7-19-13(11)4-6-16(9)14(17)12-3-2-10(8-15)18-12/h2-3,5,7,9H,4,6,8,15H2,1H3. The maximum atomic E-state index is 12.5. The Morgan fingerprint density at radius 3 is 3.11 bits per heavy atom. The molecule has 100 valence electrons. The molecule has 0 bridgehead atoms. The molecule has 1 aliphatic heterocycles. The number of amides is 1. The summed E-state index contributed by atoms with van der Waals surface area (Å²) in [7, 11) is 0. The van der Waals surface area contributed by atoms with Gasteiger partial charge in [0.1, 0.15) is 5.76 Å². The van der Waals surface area contributed by atoms with Gasteiger partial charge in [0.15, 0.2) is 5.76 Å². The largest absolute Gasteiger partial charge is 0.455 e. The summed E-state index contributed by atoms with van der Waals surface area (Å²) in [6, 6.07) is 5.68. The predicted molar refractivity (Wildman–Crippen MR) is 74.1 cm³/mol. The Kier molecular flexibility index (Phi) is 3.16. The van der Waals surface area contributed by atoms with Crippen molar-refractivity contribution >= 4 is 17.2 Å². The molecule has 1 aliphatic rings. The highest BCUT2D eigenvalue weighted by Gasteiger charge is 2.30. The lowest BCUT2D eigenvalue weighted by atomic mass is 10.0. The molecule has 19 heavy (non-hydrogen) atoms. The molecule has 0 spiro atoms. The first-order valence-corrected chi connectivity index (χ1v) is 7.24. The van der Waals surface area contributed by atoms with E-state index in [1.165, 1.54) is 10.4 Å². The molecule has 0 aliphatic carbocycles. The molecule has 2 aromatic rings. The van der Waals surface area contributed by atoms with E-state index in [2.05, 4.69) is 18.4 Å². The second-order valence-corrected chi connectivity index (χ2v) is 5.69. The van der Waals surface area contributed by atoms with Crippen molar-refractivity contribution in [3.63, 3.8) is 0 Å². The van der Waals surface area contributed by atoms with Crippen LogP contribution in [0.15, 0.2) is 28.0 Å². The monoisotopic (exact) mass is 276 g/mol. The number of hydrogen-bond acceptors (Lipinski definition) is 4. The van der Waals surface area contributed by atoms with Gasteiger partial charge in [-0.15, -0.1) is 11.3 Å². The Hall–Kier alpha value is -1.59. The smallest absolute Gasteiger partial charge is 0.290 e. The summed E-state index contributed by atoms with van der Waals surface area (Å²) in [5, 5.41) is 2.09. The van der Waals surface area contributed by atoms with Crippen molar-refractivity contribution in [2.45, 2.75) is 25.9 Å². The summed E-state index contributed by atoms with van der Waals surface area (Å²) in [6.45, 7) is 3.12. The van der Waals surface area contributed by atoms with Crippen LogP contribution in [0, 0.1) is 0 Å². The number of nitrogens with two attached hydrogens (primary N) is 1. The molecule has 2 aromatic heterocycles. The zero-order valence-corrected chi connectivity index (χ0v) is 11.6. The molecule has 0 saturated carbocycles. The molecular formula is C14H16N2O2S. The van der Waals surface area contributed by atoms with Crippen molar-refractivity contribution in [2.24, 2.45) is 5.73 Å². The van der Waals surface area contributed by atoms with E-state index in [0.29, 0.717) is 18.1 Å². The van der Waals surface area contributed by atoms with Gasteiger partial charge in [-0.25, -0.2) is 0 Å². The van der Waals surface area contributed by atoms with Gasteiger partial charge in [-0.3, -0.25) is 4.79 Å². The fourth-order valence-electron chi connectivity index (χ4n) is 2.53. The van der Waals surface area contributed by atoms with Crippen molar-refractivity contribution in [3.8, 4) is 0 Å². The lowest BCUT2D eigenvalue weighted by molar-refractivity contribution is 0.0644. The van der Waals surface area contributed by atoms with Gasteiger partial charge >= 0.3 is 0 Å². The zero-order valence-electron chi connectivity index (χ0n) is 10.8. The fourth-order valence-corrected chi connectivity index (χ4v) is 3.49. The van der Waals surface area contributed by atoms with Gasteiger partial charge in [0.05, 0.1) is 12.6 Å². The summed E-state index contributed by atoms with van der Waals surface area (Å²) < 4.78 is 5.45. The van der Waals surface area contributed by atoms with Crippen LogP contribution >= 0.6 is 11.3 Å². The van der Waals surface area contributed by atoms with Gasteiger partial charge in [0, 0.05) is 11.4 Å². The third-order valence-electron chi connectivity index (χ3n) is 3.61. The van der Waals surface area contributed by atoms with E-state index >= 15 is 0 Å². The summed E-state index contributed by atoms with van der Waals surface area (Å²) in [5.74, 6) is 0.972. The Morgan fingerprint density at radius 1 is 1.53 bits per heavy atom. The van der Waals surface area contributed by atoms with Crippen LogP contribution in [0.1, 0.15) is 39.7 Å². The van der Waals surface area contributed by atoms with Crippen LogP contribution in [0.3, 0.4) is 0 Å². The third kappa shape index (κ3) is 2.09. The van der Waals surface area contributed by atoms with Crippen molar-refractivity contribution < 1.29 is 9.21 Å². The number of nitrogens with zero attached hydrogens (tertiary/aromatic N) is 1. The van der Waals surface area contributed by atoms with E-state index in [4.69, 9.17) is 10.2 Å². The number of hydrogen-bond donors (Lipinski definition) is 1. The van der Waals surface area contributed by atoms with Crippen molar-refractivity contribution in [2.75, 3.05) is 6.54 Å². The van der Waals surface area contributed by atoms with Crippen molar-refractivity contribution in [3.05, 3.63) is 45.5 Å². The van der Waals surface area contributed by atoms with E-state index in [9.17, 15) is 4.79 Å². The Balaban J connectivity index is 1.85. The molecule has 0 saturated heterocycles. The second-order valence-electron chi connectivity index (χ2n) is 4.69. The first-order valence-electron chi connectivity index (χ1n) is 6.36. The summed E-state index contributed by atoms with van der Waals surface area (Å²) in [4.78, 5) is 15.7. The van der Waals surface area contributed by atoms with Crippen LogP contribution in [0.25, 0.3) is 0 Å². The molecule has 3 heterocycles. The molecule has 5 heteroatoms. The number of carbonyl (C=O) groups excluding carboxylic acids is 1. The Morgan fingerprint density at radius 2 is 2.37 bits per heavy atom. The molecule has 1 amide bonds. The van der Waals surface area contributed by atoms with E-state index in [1.807, 2.05) is 4.90 Å². The minimum absolute atomic E-state index is 0.0518. The lowest BCUT2D eigenvalue weighted by Crippen LogP contribution is -2.38. The number of fused-ring (bicyclic) bond motifs is 1. The second kappa shape index (κ2) is 4.83. The maximum absolute atomic E-state index is 12.5. The molecule has 2 N–H and O–H groups in total. The molecule has 3 rings (SSSR count). The highest BCUT2D eigenvalue weighted by Crippen LogP contribution is 2.33. The summed E-state index contributed by atoms with van der Waals surface area (Å²) in [6.07, 6.45) is 0.924. The zero-order chi connectivity index (χ0) is 13.4. The van der Waals surface area contributed by atoms with Crippen LogP contribution in [-0.4, -0.2) is 17.4 Å². The highest BCUT2D eigenvalue weighted by molar-refractivity contribution is 7.10. The van der Waals surface area contributed by atoms with Gasteiger partial charge in [-0.2, -0.15) is 0 Å². The minimum Gasteiger partial charge on any atom is -0.455 e. The highest BCUT2D eigenvalue weighted by atomic mass is 32.1. The van der Waals surface area contributed by atoms with Crippen LogP contribution in [0.5, 0.6) is 0 Å². The van der Waals surface area contributed by atoms with E-state index < -0.39 is 0 Å². The minimum atomic E-state index is -0.0518. The molecular weight excluding hydrogens is 260 g/mol. The maximum Gasteiger partial charge on any atom is 0.290 e. The average Bonchev–Trinajstić information content (AvgIpc) is 3.07. The van der Waals surface area contributed by atoms with Gasteiger partial charge in [0.25, 0.3) is 5.91 Å². The van der Waals surface area contributed by atoms with Crippen LogP contribution < -0.4 is 5.73 Å². The molecule has 4 nitrogen and oxygen atoms in total. The first-order chi connectivity index (χ1) is 9.20. The van der Waals surface area contributed by atoms with Crippen LogP contribution in [-0.2, 0) is 13.0 Å². The first kappa shape index (κ1) is 12.4. The summed E-state index contributed by atoms with van der Waals surface area (Å²) >= 11 is 1.77. The van der Waals surface area contributed by atoms with Crippen molar-refractivity contribution in [1.29, 1.82) is 0 Å². The number of rotatable bonds is 2. The lowest BCUT2D eigenvalue weighted by Gasteiger charge is -2.33. The van der Waals surface area contributed by atoms with Gasteiger partial charge in [-0.05, 0) is 42.5 Å². The normalized spacial score (nSPS) is 18.4. The quantitative estimate of drug-likeness (QED) is 0.917. The Labute approximate surface area is 115 Å². The molecule has 0 radical (unpaired) electrons. The van der Waals surface area contributed by atoms with Gasteiger partial charge < -0.3 is 15.1 Å².